The number of hydrogen-bond donors (Lipinski definition) is 0. The maximum absolute atomic E-state index is 13.5. The second-order valence-electron chi connectivity index (χ2n) is 9.21. The van der Waals surface area contributed by atoms with Crippen LogP contribution in [0.3, 0.4) is 0 Å². The third-order valence-corrected chi connectivity index (χ3v) is 7.11. The molecule has 0 radical (unpaired) electrons. The molecule has 38 heavy (non-hydrogen) atoms. The second-order valence-corrected chi connectivity index (χ2v) is 9.21. The van der Waals surface area contributed by atoms with Crippen molar-refractivity contribution in [2.45, 2.75) is 12.3 Å². The molecular formula is C30H25NO7. The van der Waals surface area contributed by atoms with Crippen LogP contribution in [-0.2, 0) is 11.8 Å². The van der Waals surface area contributed by atoms with Crippen molar-refractivity contribution in [3.8, 4) is 28.7 Å². The molecule has 0 N–H and O–H groups in total. The SMILES string of the molecule is COc1ccc(C2CC(=O)Oc3ccc4c(c32)OC(=Cc2cn(C)c3ccc(OC)cc23)C4=O)c(OC)c1. The minimum absolute atomic E-state index is 0.0753. The van der Waals surface area contributed by atoms with Crippen molar-refractivity contribution in [1.29, 1.82) is 0 Å². The number of fused-ring (bicyclic) bond motifs is 4. The van der Waals surface area contributed by atoms with Crippen molar-refractivity contribution < 1.29 is 33.3 Å². The minimum atomic E-state index is -0.434. The fourth-order valence-electron chi connectivity index (χ4n) is 5.26. The Kier molecular flexibility index (Phi) is 5.60. The molecule has 3 heterocycles. The summed E-state index contributed by atoms with van der Waals surface area (Å²) in [7, 11) is 6.71. The van der Waals surface area contributed by atoms with Crippen LogP contribution in [0.2, 0.25) is 0 Å². The molecule has 1 aromatic heterocycles. The van der Waals surface area contributed by atoms with E-state index < -0.39 is 5.92 Å². The van der Waals surface area contributed by atoms with Gasteiger partial charge in [-0.1, -0.05) is 6.07 Å². The number of ether oxygens (including phenoxy) is 5. The smallest absolute Gasteiger partial charge is 0.312 e. The summed E-state index contributed by atoms with van der Waals surface area (Å²) < 4.78 is 30.2. The van der Waals surface area contributed by atoms with E-state index in [1.165, 1.54) is 0 Å². The standard InChI is InChI=1S/C30H25NO7/c1-31-15-16(21-12-17(34-2)6-9-23(21)31)11-26-29(33)20-8-10-24-28(30(20)38-26)22(14-27(32)37-24)19-7-5-18(35-3)13-25(19)36-4/h5-13,15,22H,14H2,1-4H3. The Morgan fingerprint density at radius 2 is 1.68 bits per heavy atom. The summed E-state index contributed by atoms with van der Waals surface area (Å²) in [6.07, 6.45) is 3.76. The largest absolute Gasteiger partial charge is 0.497 e. The third kappa shape index (κ3) is 3.68. The average molecular weight is 512 g/mol. The Morgan fingerprint density at radius 1 is 0.921 bits per heavy atom. The molecule has 1 unspecified atom stereocenters. The van der Waals surface area contributed by atoms with Crippen molar-refractivity contribution in [3.05, 3.63) is 82.7 Å². The van der Waals surface area contributed by atoms with Crippen molar-refractivity contribution in [2.75, 3.05) is 21.3 Å². The molecular weight excluding hydrogens is 486 g/mol. The lowest BCUT2D eigenvalue weighted by atomic mass is 9.84. The first-order chi connectivity index (χ1) is 18.4. The summed E-state index contributed by atoms with van der Waals surface area (Å²) in [5.74, 6) is 1.83. The van der Waals surface area contributed by atoms with Gasteiger partial charge in [-0.3, -0.25) is 9.59 Å². The number of nitrogens with zero attached hydrogens (tertiary/aromatic N) is 1. The van der Waals surface area contributed by atoms with Crippen molar-refractivity contribution in [2.24, 2.45) is 7.05 Å². The van der Waals surface area contributed by atoms with E-state index in [0.29, 0.717) is 34.1 Å². The van der Waals surface area contributed by atoms with Gasteiger partial charge in [-0.05, 0) is 42.5 Å². The molecule has 0 amide bonds. The highest BCUT2D eigenvalue weighted by Crippen LogP contribution is 2.51. The average Bonchev–Trinajstić information content (AvgIpc) is 3.42. The van der Waals surface area contributed by atoms with E-state index in [0.717, 1.165) is 27.8 Å². The predicted molar refractivity (Wildman–Crippen MR) is 140 cm³/mol. The Hall–Kier alpha value is -4.72. The topological polar surface area (TPSA) is 85.2 Å². The highest BCUT2D eigenvalue weighted by Gasteiger charge is 2.39. The van der Waals surface area contributed by atoms with E-state index in [1.54, 1.807) is 45.6 Å². The first-order valence-electron chi connectivity index (χ1n) is 12.1. The molecule has 0 aliphatic carbocycles. The van der Waals surface area contributed by atoms with Gasteiger partial charge in [-0.2, -0.15) is 0 Å². The lowest BCUT2D eigenvalue weighted by molar-refractivity contribution is -0.135. The maximum atomic E-state index is 13.5. The number of ketones is 1. The highest BCUT2D eigenvalue weighted by molar-refractivity contribution is 6.15. The molecule has 8 nitrogen and oxygen atoms in total. The summed E-state index contributed by atoms with van der Waals surface area (Å²) in [5.41, 5.74) is 3.65. The van der Waals surface area contributed by atoms with E-state index in [2.05, 4.69) is 0 Å². The lowest BCUT2D eigenvalue weighted by Crippen LogP contribution is -2.22. The molecule has 0 bridgehead atoms. The van der Waals surface area contributed by atoms with Gasteiger partial charge in [0.2, 0.25) is 5.78 Å². The van der Waals surface area contributed by atoms with E-state index in [1.807, 2.05) is 48.1 Å². The summed E-state index contributed by atoms with van der Waals surface area (Å²) in [6.45, 7) is 0. The normalized spacial score (nSPS) is 17.2. The fraction of sp³-hybridized carbons (Fsp3) is 0.200. The molecule has 0 spiro atoms. The van der Waals surface area contributed by atoms with Crippen molar-refractivity contribution in [1.82, 2.24) is 4.57 Å². The van der Waals surface area contributed by atoms with Gasteiger partial charge in [0.25, 0.3) is 0 Å². The Morgan fingerprint density at radius 3 is 2.45 bits per heavy atom. The Labute approximate surface area is 218 Å². The van der Waals surface area contributed by atoms with Crippen LogP contribution in [-0.4, -0.2) is 37.6 Å². The number of aryl methyl sites for hydroxylation is 1. The molecule has 3 aromatic carbocycles. The van der Waals surface area contributed by atoms with Gasteiger partial charge in [-0.25, -0.2) is 0 Å². The molecule has 0 saturated heterocycles. The van der Waals surface area contributed by atoms with Crippen LogP contribution in [0.15, 0.2) is 60.5 Å². The highest BCUT2D eigenvalue weighted by atomic mass is 16.5. The molecule has 0 saturated carbocycles. The predicted octanol–water partition coefficient (Wildman–Crippen LogP) is 5.26. The van der Waals surface area contributed by atoms with E-state index >= 15 is 0 Å². The van der Waals surface area contributed by atoms with E-state index in [9.17, 15) is 9.59 Å². The Balaban J connectivity index is 1.47. The third-order valence-electron chi connectivity index (χ3n) is 7.11. The van der Waals surface area contributed by atoms with Gasteiger partial charge in [-0.15, -0.1) is 0 Å². The zero-order valence-corrected chi connectivity index (χ0v) is 21.4. The number of carbonyl (C=O) groups is 2. The molecule has 2 aliphatic rings. The molecule has 2 aliphatic heterocycles. The molecule has 8 heteroatoms. The summed E-state index contributed by atoms with van der Waals surface area (Å²) in [4.78, 5) is 26.1. The van der Waals surface area contributed by atoms with Gasteiger partial charge < -0.3 is 28.3 Å². The molecule has 192 valence electrons. The van der Waals surface area contributed by atoms with Gasteiger partial charge in [0, 0.05) is 52.8 Å². The van der Waals surface area contributed by atoms with Crippen LogP contribution in [0, 0.1) is 0 Å². The van der Waals surface area contributed by atoms with Gasteiger partial charge >= 0.3 is 5.97 Å². The number of hydrogen-bond acceptors (Lipinski definition) is 7. The molecule has 4 aromatic rings. The summed E-state index contributed by atoms with van der Waals surface area (Å²) >= 11 is 0. The number of aromatic nitrogens is 1. The number of esters is 1. The van der Waals surface area contributed by atoms with Crippen molar-refractivity contribution >= 4 is 28.7 Å². The van der Waals surface area contributed by atoms with Crippen LogP contribution in [0.1, 0.15) is 39.4 Å². The molecule has 1 atom stereocenters. The van der Waals surface area contributed by atoms with Gasteiger partial charge in [0.15, 0.2) is 5.76 Å². The molecule has 0 fully saturated rings. The first-order valence-corrected chi connectivity index (χ1v) is 12.1. The van der Waals surface area contributed by atoms with Gasteiger partial charge in [0.05, 0.1) is 33.3 Å². The summed E-state index contributed by atoms with van der Waals surface area (Å²) in [6, 6.07) is 14.5. The number of methoxy groups -OCH3 is 3. The number of rotatable bonds is 5. The quantitative estimate of drug-likeness (QED) is 0.205. The lowest BCUT2D eigenvalue weighted by Gasteiger charge is -2.27. The van der Waals surface area contributed by atoms with Crippen LogP contribution in [0.25, 0.3) is 17.0 Å². The fourth-order valence-corrected chi connectivity index (χ4v) is 5.26. The maximum Gasteiger partial charge on any atom is 0.312 e. The molecule has 6 rings (SSSR count). The number of Topliss-reactive ketones (excluding diaryl/α,β-unsaturated/α-hetero) is 1. The van der Waals surface area contributed by atoms with Gasteiger partial charge in [0.1, 0.15) is 28.7 Å². The van der Waals surface area contributed by atoms with Crippen LogP contribution in [0.5, 0.6) is 28.7 Å². The number of carbonyl (C=O) groups excluding carboxylic acids is 2. The van der Waals surface area contributed by atoms with E-state index in [4.69, 9.17) is 23.7 Å². The second kappa shape index (κ2) is 8.99. The Bertz CT molecular complexity index is 1660. The van der Waals surface area contributed by atoms with E-state index in [-0.39, 0.29) is 23.9 Å². The zero-order chi connectivity index (χ0) is 26.6. The van der Waals surface area contributed by atoms with Crippen LogP contribution in [0.4, 0.5) is 0 Å². The van der Waals surface area contributed by atoms with Crippen LogP contribution >= 0.6 is 0 Å². The first kappa shape index (κ1) is 23.7. The summed E-state index contributed by atoms with van der Waals surface area (Å²) in [5, 5.41) is 0.934. The number of allylic oxidation sites excluding steroid dienone is 1. The van der Waals surface area contributed by atoms with Crippen molar-refractivity contribution in [3.63, 3.8) is 0 Å². The minimum Gasteiger partial charge on any atom is -0.497 e. The van der Waals surface area contributed by atoms with Crippen LogP contribution < -0.4 is 23.7 Å². The number of benzene rings is 3. The monoisotopic (exact) mass is 511 g/mol. The zero-order valence-electron chi connectivity index (χ0n) is 21.4.